The molecule has 0 aliphatic carbocycles. The van der Waals surface area contributed by atoms with Gasteiger partial charge in [-0.1, -0.05) is 0 Å². The zero-order chi connectivity index (χ0) is 14.7. The molecule has 0 spiro atoms. The number of rotatable bonds is 3. The van der Waals surface area contributed by atoms with Crippen molar-refractivity contribution in [2.24, 2.45) is 11.7 Å². The van der Waals surface area contributed by atoms with E-state index < -0.39 is 4.92 Å². The Balaban J connectivity index is 2.22. The molecule has 20 heavy (non-hydrogen) atoms. The molecule has 0 aromatic heterocycles. The number of anilines is 1. The third-order valence-electron chi connectivity index (χ3n) is 3.93. The fraction of sp³-hybridized carbons (Fsp3) is 0.500. The molecule has 1 heterocycles. The Labute approximate surface area is 117 Å². The molecular weight excluding hydrogens is 256 g/mol. The van der Waals surface area contributed by atoms with E-state index >= 15 is 0 Å². The van der Waals surface area contributed by atoms with E-state index in [1.807, 2.05) is 17.9 Å². The molecule has 6 nitrogen and oxygen atoms in total. The van der Waals surface area contributed by atoms with Crippen molar-refractivity contribution in [2.45, 2.75) is 25.8 Å². The number of nitro benzene ring substituents is 1. The van der Waals surface area contributed by atoms with Crippen molar-refractivity contribution in [3.63, 3.8) is 0 Å². The number of hydrogen-bond donors (Lipinski definition) is 1. The number of hydrogen-bond acceptors (Lipinski definition) is 5. The summed E-state index contributed by atoms with van der Waals surface area (Å²) in [6, 6.07) is 6.73. The molecule has 0 amide bonds. The van der Waals surface area contributed by atoms with E-state index in [2.05, 4.69) is 0 Å². The second kappa shape index (κ2) is 5.88. The second-order valence-corrected chi connectivity index (χ2v) is 5.26. The largest absolute Gasteiger partial charge is 0.366 e. The highest BCUT2D eigenvalue weighted by molar-refractivity contribution is 5.65. The standard InChI is InChI=1S/C14H18N4O2/c1-10(16)12-4-6-17(7-5-12)13-3-2-11(9-15)8-14(13)18(19)20/h2-3,8,10,12H,4-7,16H2,1H3. The van der Waals surface area contributed by atoms with Crippen LogP contribution in [-0.2, 0) is 0 Å². The van der Waals surface area contributed by atoms with Crippen LogP contribution in [0.2, 0.25) is 0 Å². The van der Waals surface area contributed by atoms with Crippen LogP contribution in [0, 0.1) is 27.4 Å². The van der Waals surface area contributed by atoms with Crippen LogP contribution in [0.15, 0.2) is 18.2 Å². The number of nitro groups is 1. The fourth-order valence-electron chi connectivity index (χ4n) is 2.67. The van der Waals surface area contributed by atoms with E-state index in [-0.39, 0.29) is 11.7 Å². The maximum Gasteiger partial charge on any atom is 0.293 e. The van der Waals surface area contributed by atoms with Gasteiger partial charge < -0.3 is 10.6 Å². The van der Waals surface area contributed by atoms with Gasteiger partial charge in [0.15, 0.2) is 0 Å². The molecule has 1 atom stereocenters. The van der Waals surface area contributed by atoms with Crippen molar-refractivity contribution < 1.29 is 4.92 Å². The van der Waals surface area contributed by atoms with Crippen molar-refractivity contribution in [3.8, 4) is 6.07 Å². The number of nitriles is 1. The van der Waals surface area contributed by atoms with Crippen LogP contribution in [0.3, 0.4) is 0 Å². The van der Waals surface area contributed by atoms with Crippen LogP contribution in [0.25, 0.3) is 0 Å². The van der Waals surface area contributed by atoms with Gasteiger partial charge in [-0.25, -0.2) is 0 Å². The van der Waals surface area contributed by atoms with E-state index in [1.54, 1.807) is 12.1 Å². The maximum absolute atomic E-state index is 11.2. The quantitative estimate of drug-likeness (QED) is 0.672. The summed E-state index contributed by atoms with van der Waals surface area (Å²) in [5.41, 5.74) is 6.81. The van der Waals surface area contributed by atoms with Gasteiger partial charge in [-0.15, -0.1) is 0 Å². The molecule has 0 radical (unpaired) electrons. The summed E-state index contributed by atoms with van der Waals surface area (Å²) in [6.07, 6.45) is 1.88. The van der Waals surface area contributed by atoms with Gasteiger partial charge in [0.2, 0.25) is 0 Å². The highest BCUT2D eigenvalue weighted by Crippen LogP contribution is 2.32. The average molecular weight is 274 g/mol. The predicted octanol–water partition coefficient (Wildman–Crippen LogP) is 2.03. The Morgan fingerprint density at radius 3 is 2.65 bits per heavy atom. The fourth-order valence-corrected chi connectivity index (χ4v) is 2.67. The molecule has 1 aliphatic heterocycles. The van der Waals surface area contributed by atoms with Gasteiger partial charge in [-0.05, 0) is 37.8 Å². The summed E-state index contributed by atoms with van der Waals surface area (Å²) in [6.45, 7) is 3.53. The van der Waals surface area contributed by atoms with Crippen molar-refractivity contribution >= 4 is 11.4 Å². The summed E-state index contributed by atoms with van der Waals surface area (Å²) in [4.78, 5) is 12.7. The Bertz CT molecular complexity index is 543. The Kier molecular flexibility index (Phi) is 4.20. The molecule has 6 heteroatoms. The molecule has 1 aromatic carbocycles. The monoisotopic (exact) mass is 274 g/mol. The third kappa shape index (κ3) is 2.89. The van der Waals surface area contributed by atoms with Crippen LogP contribution >= 0.6 is 0 Å². The Hall–Kier alpha value is -2.13. The highest BCUT2D eigenvalue weighted by atomic mass is 16.6. The molecule has 1 unspecified atom stereocenters. The van der Waals surface area contributed by atoms with Gasteiger partial charge >= 0.3 is 0 Å². The Morgan fingerprint density at radius 2 is 2.15 bits per heavy atom. The summed E-state index contributed by atoms with van der Waals surface area (Å²) in [7, 11) is 0. The predicted molar refractivity (Wildman–Crippen MR) is 76.4 cm³/mol. The normalized spacial score (nSPS) is 17.6. The lowest BCUT2D eigenvalue weighted by Gasteiger charge is -2.34. The van der Waals surface area contributed by atoms with Gasteiger partial charge in [0.05, 0.1) is 16.6 Å². The van der Waals surface area contributed by atoms with E-state index in [0.717, 1.165) is 25.9 Å². The lowest BCUT2D eigenvalue weighted by molar-refractivity contribution is -0.384. The summed E-state index contributed by atoms with van der Waals surface area (Å²) in [5.74, 6) is 0.476. The molecular formula is C14H18N4O2. The first-order chi connectivity index (χ1) is 9.52. The number of benzene rings is 1. The van der Waals surface area contributed by atoms with Crippen LogP contribution in [0.4, 0.5) is 11.4 Å². The van der Waals surface area contributed by atoms with Gasteiger partial charge in [0, 0.05) is 25.2 Å². The lowest BCUT2D eigenvalue weighted by Crippen LogP contribution is -2.39. The van der Waals surface area contributed by atoms with Crippen LogP contribution in [0.1, 0.15) is 25.3 Å². The minimum Gasteiger partial charge on any atom is -0.366 e. The zero-order valence-electron chi connectivity index (χ0n) is 11.5. The van der Waals surface area contributed by atoms with Crippen molar-refractivity contribution in [3.05, 3.63) is 33.9 Å². The van der Waals surface area contributed by atoms with Gasteiger partial charge in [0.25, 0.3) is 5.69 Å². The molecule has 1 aliphatic rings. The van der Waals surface area contributed by atoms with Crippen molar-refractivity contribution in [2.75, 3.05) is 18.0 Å². The van der Waals surface area contributed by atoms with E-state index in [9.17, 15) is 10.1 Å². The topological polar surface area (TPSA) is 96.2 Å². The second-order valence-electron chi connectivity index (χ2n) is 5.26. The summed E-state index contributed by atoms with van der Waals surface area (Å²) < 4.78 is 0. The van der Waals surface area contributed by atoms with E-state index in [4.69, 9.17) is 11.0 Å². The molecule has 2 N–H and O–H groups in total. The molecule has 1 aromatic rings. The van der Waals surface area contributed by atoms with Crippen molar-refractivity contribution in [1.29, 1.82) is 5.26 Å². The van der Waals surface area contributed by atoms with Crippen LogP contribution in [0.5, 0.6) is 0 Å². The van der Waals surface area contributed by atoms with Crippen LogP contribution in [-0.4, -0.2) is 24.1 Å². The molecule has 1 fully saturated rings. The first-order valence-electron chi connectivity index (χ1n) is 6.72. The van der Waals surface area contributed by atoms with Gasteiger partial charge in [-0.2, -0.15) is 5.26 Å². The summed E-state index contributed by atoms with van der Waals surface area (Å²) in [5, 5.41) is 20.0. The minimum atomic E-state index is -0.423. The maximum atomic E-state index is 11.2. The molecule has 1 saturated heterocycles. The SMILES string of the molecule is CC(N)C1CCN(c2ccc(C#N)cc2[N+](=O)[O-])CC1. The van der Waals surface area contributed by atoms with E-state index in [0.29, 0.717) is 17.2 Å². The number of nitrogens with zero attached hydrogens (tertiary/aromatic N) is 3. The van der Waals surface area contributed by atoms with E-state index in [1.165, 1.54) is 6.07 Å². The first kappa shape index (κ1) is 14.3. The van der Waals surface area contributed by atoms with Gasteiger partial charge in [0.1, 0.15) is 5.69 Å². The first-order valence-corrected chi connectivity index (χ1v) is 6.72. The Morgan fingerprint density at radius 1 is 1.50 bits per heavy atom. The summed E-state index contributed by atoms with van der Waals surface area (Å²) >= 11 is 0. The highest BCUT2D eigenvalue weighted by Gasteiger charge is 2.26. The van der Waals surface area contributed by atoms with Gasteiger partial charge in [-0.3, -0.25) is 10.1 Å². The number of piperidine rings is 1. The molecule has 0 saturated carbocycles. The lowest BCUT2D eigenvalue weighted by atomic mass is 9.90. The molecule has 2 rings (SSSR count). The van der Waals surface area contributed by atoms with Crippen molar-refractivity contribution in [1.82, 2.24) is 0 Å². The minimum absolute atomic E-state index is 0.00305. The zero-order valence-corrected chi connectivity index (χ0v) is 11.5. The third-order valence-corrected chi connectivity index (χ3v) is 3.93. The average Bonchev–Trinajstić information content (AvgIpc) is 2.46. The van der Waals surface area contributed by atoms with Crippen LogP contribution < -0.4 is 10.6 Å². The molecule has 106 valence electrons. The molecule has 0 bridgehead atoms. The number of nitrogens with two attached hydrogens (primary N) is 1. The smallest absolute Gasteiger partial charge is 0.293 e.